The summed E-state index contributed by atoms with van der Waals surface area (Å²) in [5.74, 6) is 0. The van der Waals surface area contributed by atoms with Gasteiger partial charge in [-0.15, -0.1) is 0 Å². The largest absolute Gasteiger partial charge is 0.323 e. The van der Waals surface area contributed by atoms with Gasteiger partial charge in [0.15, 0.2) is 0 Å². The Labute approximate surface area is 183 Å². The van der Waals surface area contributed by atoms with Crippen molar-refractivity contribution < 1.29 is 30.7 Å². The van der Waals surface area contributed by atoms with E-state index in [1.807, 2.05) is 0 Å². The van der Waals surface area contributed by atoms with Gasteiger partial charge in [-0.05, 0) is 41.1 Å². The average molecular weight is 473 g/mol. The van der Waals surface area contributed by atoms with Crippen molar-refractivity contribution in [3.05, 3.63) is 72.8 Å². The lowest BCUT2D eigenvalue weighted by atomic mass is 10.1. The summed E-state index contributed by atoms with van der Waals surface area (Å²) in [5, 5.41) is 6.66. The number of anilines is 2. The highest BCUT2D eigenvalue weighted by Crippen LogP contribution is 2.28. The Bertz CT molecular complexity index is 1600. The van der Waals surface area contributed by atoms with Crippen LogP contribution in [0.1, 0.15) is 0 Å². The normalized spacial score (nSPS) is 12.1. The zero-order chi connectivity index (χ0) is 23.1. The second-order valence-corrected chi connectivity index (χ2v) is 9.70. The molecule has 0 saturated heterocycles. The minimum atomic E-state index is -4.53. The maximum atomic E-state index is 12.5. The number of benzene rings is 4. The molecule has 0 unspecified atom stereocenters. The van der Waals surface area contributed by atoms with Crippen molar-refractivity contribution in [1.29, 1.82) is 0 Å². The van der Waals surface area contributed by atoms with E-state index in [4.69, 9.17) is 0 Å². The van der Waals surface area contributed by atoms with Gasteiger partial charge in [0.2, 0.25) is 0 Å². The van der Waals surface area contributed by atoms with E-state index in [-0.39, 0.29) is 20.9 Å². The number of rotatable bonds is 4. The smallest absolute Gasteiger partial charge is 0.308 e. The van der Waals surface area contributed by atoms with E-state index in [1.54, 1.807) is 30.3 Å². The number of nitrogens with one attached hydrogen (secondary N) is 2. The van der Waals surface area contributed by atoms with Crippen LogP contribution in [0.4, 0.5) is 16.2 Å². The fourth-order valence-corrected chi connectivity index (χ4v) is 4.87. The summed E-state index contributed by atoms with van der Waals surface area (Å²) in [4.78, 5) is 11.9. The molecule has 4 aromatic carbocycles. The fraction of sp³-hybridized carbons (Fsp3) is 0. The lowest BCUT2D eigenvalue weighted by molar-refractivity contribution is 0.262. The second kappa shape index (κ2) is 7.88. The summed E-state index contributed by atoms with van der Waals surface area (Å²) in [6.07, 6.45) is 0. The van der Waals surface area contributed by atoms with E-state index in [9.17, 15) is 30.7 Å². The Morgan fingerprint density at radius 2 is 1.19 bits per heavy atom. The first-order chi connectivity index (χ1) is 15.0. The Morgan fingerprint density at radius 1 is 0.625 bits per heavy atom. The van der Waals surface area contributed by atoms with Crippen molar-refractivity contribution in [3.63, 3.8) is 0 Å². The number of fused-ring (bicyclic) bond motifs is 2. The van der Waals surface area contributed by atoms with Crippen LogP contribution in [0.3, 0.4) is 0 Å². The third-order valence-corrected chi connectivity index (χ3v) is 6.54. The predicted octanol–water partition coefficient (Wildman–Crippen LogP) is 4.13. The molecular formula is C21H16N2O7S2. The zero-order valence-corrected chi connectivity index (χ0v) is 17.8. The van der Waals surface area contributed by atoms with Crippen LogP contribution in [0.25, 0.3) is 21.5 Å². The predicted molar refractivity (Wildman–Crippen MR) is 120 cm³/mol. The zero-order valence-electron chi connectivity index (χ0n) is 16.2. The van der Waals surface area contributed by atoms with Crippen molar-refractivity contribution in [2.75, 3.05) is 10.6 Å². The van der Waals surface area contributed by atoms with Gasteiger partial charge in [0.25, 0.3) is 20.2 Å². The first-order valence-corrected chi connectivity index (χ1v) is 12.0. The number of hydrogen-bond donors (Lipinski definition) is 4. The molecule has 0 aliphatic rings. The van der Waals surface area contributed by atoms with Gasteiger partial charge in [-0.3, -0.25) is 9.11 Å². The van der Waals surface area contributed by atoms with E-state index >= 15 is 0 Å². The fourth-order valence-electron chi connectivity index (χ4n) is 3.41. The van der Waals surface area contributed by atoms with Gasteiger partial charge in [-0.1, -0.05) is 42.5 Å². The summed E-state index contributed by atoms with van der Waals surface area (Å²) in [6.45, 7) is 0. The molecule has 11 heteroatoms. The number of carbonyl (C=O) groups excluding carboxylic acids is 1. The van der Waals surface area contributed by atoms with E-state index in [0.717, 1.165) is 6.07 Å². The van der Waals surface area contributed by atoms with Crippen molar-refractivity contribution >= 4 is 59.2 Å². The molecule has 164 valence electrons. The molecule has 2 amide bonds. The Hall–Kier alpha value is -3.51. The summed E-state index contributed by atoms with van der Waals surface area (Å²) in [7, 11) is -8.94. The molecule has 4 rings (SSSR count). The van der Waals surface area contributed by atoms with Crippen molar-refractivity contribution in [2.24, 2.45) is 0 Å². The molecule has 0 aliphatic carbocycles. The summed E-state index contributed by atoms with van der Waals surface area (Å²) in [5.41, 5.74) is 0.474. The maximum Gasteiger partial charge on any atom is 0.323 e. The molecule has 0 saturated carbocycles. The standard InChI is InChI=1S/C21H16N2O7S2/c24-21(22-15-8-9-18-14(10-15)5-3-7-19(18)31(25,26)27)23-16-11-13-4-1-2-6-17(13)20(12-16)32(28,29)30/h1-12H,(H2,22,23,24)(H,25,26,27)(H,28,29,30). The number of urea groups is 1. The van der Waals surface area contributed by atoms with Crippen LogP contribution in [0, 0.1) is 0 Å². The van der Waals surface area contributed by atoms with Crippen molar-refractivity contribution in [2.45, 2.75) is 9.79 Å². The molecule has 0 atom stereocenters. The monoisotopic (exact) mass is 472 g/mol. The van der Waals surface area contributed by atoms with Crippen molar-refractivity contribution in [3.8, 4) is 0 Å². The molecule has 0 spiro atoms. The van der Waals surface area contributed by atoms with Gasteiger partial charge >= 0.3 is 6.03 Å². The molecule has 4 N–H and O–H groups in total. The quantitative estimate of drug-likeness (QED) is 0.326. The van der Waals surface area contributed by atoms with Crippen LogP contribution in [0.15, 0.2) is 82.6 Å². The Morgan fingerprint density at radius 3 is 1.88 bits per heavy atom. The molecular weight excluding hydrogens is 456 g/mol. The van der Waals surface area contributed by atoms with E-state index in [0.29, 0.717) is 21.8 Å². The van der Waals surface area contributed by atoms with E-state index in [1.165, 1.54) is 36.4 Å². The minimum absolute atomic E-state index is 0.142. The van der Waals surface area contributed by atoms with Crippen LogP contribution in [0.5, 0.6) is 0 Å². The van der Waals surface area contributed by atoms with Crippen LogP contribution < -0.4 is 10.6 Å². The molecule has 0 heterocycles. The first kappa shape index (κ1) is 21.7. The highest BCUT2D eigenvalue weighted by atomic mass is 32.2. The summed E-state index contributed by atoms with van der Waals surface area (Å²) in [6, 6.07) is 17.3. The molecule has 0 aliphatic heterocycles. The SMILES string of the molecule is O=C(Nc1ccc2c(S(=O)(=O)O)cccc2c1)Nc1cc(S(=O)(=O)O)c2ccccc2c1. The summed E-state index contributed by atoms with van der Waals surface area (Å²) < 4.78 is 65.5. The maximum absolute atomic E-state index is 12.5. The third kappa shape index (κ3) is 4.41. The van der Waals surface area contributed by atoms with Crippen LogP contribution >= 0.6 is 0 Å². The molecule has 0 bridgehead atoms. The molecule has 0 aromatic heterocycles. The van der Waals surface area contributed by atoms with Crippen molar-refractivity contribution in [1.82, 2.24) is 0 Å². The van der Waals surface area contributed by atoms with Gasteiger partial charge < -0.3 is 10.6 Å². The highest BCUT2D eigenvalue weighted by Gasteiger charge is 2.17. The van der Waals surface area contributed by atoms with Gasteiger partial charge in [0.05, 0.1) is 0 Å². The molecule has 32 heavy (non-hydrogen) atoms. The van der Waals surface area contributed by atoms with Crippen LogP contribution in [0.2, 0.25) is 0 Å². The molecule has 0 radical (unpaired) electrons. The first-order valence-electron chi connectivity index (χ1n) is 9.11. The van der Waals surface area contributed by atoms with Gasteiger partial charge in [0.1, 0.15) is 9.79 Å². The lowest BCUT2D eigenvalue weighted by Gasteiger charge is -2.12. The van der Waals surface area contributed by atoms with Crippen LogP contribution in [-0.2, 0) is 20.2 Å². The number of carbonyl (C=O) groups is 1. The Kier molecular flexibility index (Phi) is 5.34. The van der Waals surface area contributed by atoms with Crippen LogP contribution in [-0.4, -0.2) is 32.0 Å². The van der Waals surface area contributed by atoms with Gasteiger partial charge in [-0.2, -0.15) is 16.8 Å². The van der Waals surface area contributed by atoms with Gasteiger partial charge in [-0.25, -0.2) is 4.79 Å². The molecule has 9 nitrogen and oxygen atoms in total. The lowest BCUT2D eigenvalue weighted by Crippen LogP contribution is -2.19. The minimum Gasteiger partial charge on any atom is -0.308 e. The van der Waals surface area contributed by atoms with Gasteiger partial charge in [0, 0.05) is 22.1 Å². The number of amides is 2. The molecule has 4 aromatic rings. The topological polar surface area (TPSA) is 150 Å². The third-order valence-electron chi connectivity index (χ3n) is 4.74. The highest BCUT2D eigenvalue weighted by molar-refractivity contribution is 7.86. The Balaban J connectivity index is 1.63. The average Bonchev–Trinajstić information content (AvgIpc) is 2.71. The summed E-state index contributed by atoms with van der Waals surface area (Å²) >= 11 is 0. The van der Waals surface area contributed by atoms with E-state index < -0.39 is 26.3 Å². The van der Waals surface area contributed by atoms with E-state index in [2.05, 4.69) is 10.6 Å². The second-order valence-electron chi connectivity index (χ2n) is 6.92. The number of hydrogen-bond acceptors (Lipinski definition) is 5. The molecule has 0 fully saturated rings.